The zero-order valence-electron chi connectivity index (χ0n) is 10.9. The first-order valence-corrected chi connectivity index (χ1v) is 5.96. The Balaban J connectivity index is 2.22. The van der Waals surface area contributed by atoms with Gasteiger partial charge in [-0.25, -0.2) is 0 Å². The van der Waals surface area contributed by atoms with Crippen molar-refractivity contribution in [2.24, 2.45) is 0 Å². The van der Waals surface area contributed by atoms with Gasteiger partial charge < -0.3 is 19.3 Å². The summed E-state index contributed by atoms with van der Waals surface area (Å²) in [5.74, 6) is -0.757. The van der Waals surface area contributed by atoms with E-state index >= 15 is 0 Å². The molecule has 1 atom stereocenters. The molecule has 0 saturated heterocycles. The summed E-state index contributed by atoms with van der Waals surface area (Å²) in [6.45, 7) is 0.00330. The summed E-state index contributed by atoms with van der Waals surface area (Å²) in [4.78, 5) is 24.9. The van der Waals surface area contributed by atoms with Gasteiger partial charge in [-0.15, -0.1) is 0 Å². The SMILES string of the molecule is COc1cc(O)c2c(c1)C(=O)C1=C(CO[C@@H]1OC)C2=O. The number of phenolic OH excluding ortho intramolecular Hbond substituents is 1. The fourth-order valence-electron chi connectivity index (χ4n) is 2.51. The topological polar surface area (TPSA) is 82.1 Å². The van der Waals surface area contributed by atoms with Crippen LogP contribution in [0.4, 0.5) is 0 Å². The molecule has 104 valence electrons. The summed E-state index contributed by atoms with van der Waals surface area (Å²) in [5, 5.41) is 9.95. The molecule has 1 aliphatic heterocycles. The van der Waals surface area contributed by atoms with Gasteiger partial charge in [-0.05, 0) is 6.07 Å². The van der Waals surface area contributed by atoms with Crippen LogP contribution in [-0.2, 0) is 9.47 Å². The van der Waals surface area contributed by atoms with Crippen LogP contribution in [-0.4, -0.2) is 43.8 Å². The lowest BCUT2D eigenvalue weighted by Crippen LogP contribution is -2.25. The molecule has 1 aliphatic carbocycles. The first-order valence-electron chi connectivity index (χ1n) is 5.96. The second kappa shape index (κ2) is 4.43. The van der Waals surface area contributed by atoms with Gasteiger partial charge in [0, 0.05) is 24.3 Å². The van der Waals surface area contributed by atoms with Crippen LogP contribution in [0.3, 0.4) is 0 Å². The van der Waals surface area contributed by atoms with Gasteiger partial charge in [0.1, 0.15) is 11.5 Å². The average Bonchev–Trinajstić information content (AvgIpc) is 2.88. The minimum atomic E-state index is -0.844. The molecule has 0 aromatic heterocycles. The first kappa shape index (κ1) is 12.8. The van der Waals surface area contributed by atoms with Crippen LogP contribution in [0.1, 0.15) is 20.7 Å². The smallest absolute Gasteiger partial charge is 0.196 e. The predicted molar refractivity (Wildman–Crippen MR) is 67.1 cm³/mol. The maximum absolute atomic E-state index is 12.5. The molecule has 0 spiro atoms. The number of Topliss-reactive ketones (excluding diaryl/α,β-unsaturated/α-hetero) is 2. The third-order valence-corrected chi connectivity index (χ3v) is 3.47. The number of ketones is 2. The van der Waals surface area contributed by atoms with Gasteiger partial charge in [-0.1, -0.05) is 0 Å². The predicted octanol–water partition coefficient (Wildman–Crippen LogP) is 1.08. The molecule has 20 heavy (non-hydrogen) atoms. The molecular weight excluding hydrogens is 264 g/mol. The van der Waals surface area contributed by atoms with Gasteiger partial charge in [0.05, 0.1) is 24.9 Å². The summed E-state index contributed by atoms with van der Waals surface area (Å²) in [5.41, 5.74) is 0.556. The van der Waals surface area contributed by atoms with E-state index in [1.807, 2.05) is 0 Å². The molecule has 0 unspecified atom stereocenters. The van der Waals surface area contributed by atoms with Crippen molar-refractivity contribution in [3.8, 4) is 11.5 Å². The maximum Gasteiger partial charge on any atom is 0.196 e. The highest BCUT2D eigenvalue weighted by atomic mass is 16.7. The van der Waals surface area contributed by atoms with Crippen molar-refractivity contribution in [2.75, 3.05) is 20.8 Å². The zero-order valence-corrected chi connectivity index (χ0v) is 10.9. The van der Waals surface area contributed by atoms with Crippen molar-refractivity contribution in [1.82, 2.24) is 0 Å². The summed E-state index contributed by atoms with van der Waals surface area (Å²) in [6.07, 6.45) is -0.844. The van der Waals surface area contributed by atoms with E-state index in [4.69, 9.17) is 14.2 Å². The van der Waals surface area contributed by atoms with Crippen LogP contribution in [0.25, 0.3) is 0 Å². The van der Waals surface area contributed by atoms with E-state index in [0.717, 1.165) is 0 Å². The highest BCUT2D eigenvalue weighted by Gasteiger charge is 2.42. The normalized spacial score (nSPS) is 21.0. The van der Waals surface area contributed by atoms with Gasteiger partial charge in [-0.3, -0.25) is 9.59 Å². The average molecular weight is 276 g/mol. The molecule has 1 heterocycles. The number of hydrogen-bond acceptors (Lipinski definition) is 6. The Morgan fingerprint density at radius 1 is 1.25 bits per heavy atom. The number of ether oxygens (including phenoxy) is 3. The highest BCUT2D eigenvalue weighted by Crippen LogP contribution is 2.39. The number of fused-ring (bicyclic) bond motifs is 1. The maximum atomic E-state index is 12.5. The minimum Gasteiger partial charge on any atom is -0.507 e. The standard InChI is InChI=1S/C14H12O6/c1-18-6-3-7-10(9(15)4-6)13(17)8-5-20-14(19-2)11(8)12(7)16/h3-4,14-15H,5H2,1-2H3/t14-/m0/s1. The summed E-state index contributed by atoms with van der Waals surface area (Å²) in [7, 11) is 2.81. The fraction of sp³-hybridized carbons (Fsp3) is 0.286. The molecule has 2 aliphatic rings. The van der Waals surface area contributed by atoms with Crippen molar-refractivity contribution >= 4 is 11.6 Å². The lowest BCUT2D eigenvalue weighted by Gasteiger charge is -2.19. The molecule has 6 heteroatoms. The lowest BCUT2D eigenvalue weighted by atomic mass is 9.84. The molecule has 0 saturated carbocycles. The largest absolute Gasteiger partial charge is 0.507 e. The Labute approximate surface area is 114 Å². The summed E-state index contributed by atoms with van der Waals surface area (Å²) < 4.78 is 15.3. The van der Waals surface area contributed by atoms with E-state index in [0.29, 0.717) is 5.75 Å². The van der Waals surface area contributed by atoms with E-state index in [-0.39, 0.29) is 40.4 Å². The fourth-order valence-corrected chi connectivity index (χ4v) is 2.51. The molecule has 0 fully saturated rings. The van der Waals surface area contributed by atoms with Gasteiger partial charge in [0.15, 0.2) is 17.9 Å². The van der Waals surface area contributed by atoms with E-state index < -0.39 is 12.1 Å². The van der Waals surface area contributed by atoms with Crippen LogP contribution < -0.4 is 4.74 Å². The van der Waals surface area contributed by atoms with Crippen molar-refractivity contribution in [1.29, 1.82) is 0 Å². The molecule has 1 aromatic carbocycles. The molecular formula is C14H12O6. The van der Waals surface area contributed by atoms with Crippen molar-refractivity contribution in [3.63, 3.8) is 0 Å². The van der Waals surface area contributed by atoms with E-state index in [2.05, 4.69) is 0 Å². The van der Waals surface area contributed by atoms with Gasteiger partial charge in [0.25, 0.3) is 0 Å². The zero-order chi connectivity index (χ0) is 14.4. The number of carbonyl (C=O) groups is 2. The number of methoxy groups -OCH3 is 2. The molecule has 6 nitrogen and oxygen atoms in total. The summed E-state index contributed by atoms with van der Waals surface area (Å²) in [6, 6.07) is 2.74. The van der Waals surface area contributed by atoms with Crippen molar-refractivity contribution in [2.45, 2.75) is 6.29 Å². The Hall–Kier alpha value is -2.18. The number of hydrogen-bond donors (Lipinski definition) is 1. The van der Waals surface area contributed by atoms with Crippen LogP contribution >= 0.6 is 0 Å². The van der Waals surface area contributed by atoms with Crippen molar-refractivity contribution in [3.05, 3.63) is 34.4 Å². The van der Waals surface area contributed by atoms with Crippen LogP contribution in [0.2, 0.25) is 0 Å². The number of aromatic hydroxyl groups is 1. The number of carbonyl (C=O) groups excluding carboxylic acids is 2. The number of rotatable bonds is 2. The number of benzene rings is 1. The lowest BCUT2D eigenvalue weighted by molar-refractivity contribution is -0.0738. The molecule has 0 bridgehead atoms. The van der Waals surface area contributed by atoms with E-state index in [1.54, 1.807) is 0 Å². The van der Waals surface area contributed by atoms with Gasteiger partial charge in [-0.2, -0.15) is 0 Å². The number of phenols is 1. The van der Waals surface area contributed by atoms with Gasteiger partial charge in [0.2, 0.25) is 0 Å². The first-order chi connectivity index (χ1) is 9.58. The molecule has 0 amide bonds. The third-order valence-electron chi connectivity index (χ3n) is 3.47. The summed E-state index contributed by atoms with van der Waals surface area (Å²) >= 11 is 0. The molecule has 1 aromatic rings. The third kappa shape index (κ3) is 1.59. The molecule has 3 rings (SSSR count). The van der Waals surface area contributed by atoms with Gasteiger partial charge >= 0.3 is 0 Å². The Bertz CT molecular complexity index is 658. The highest BCUT2D eigenvalue weighted by molar-refractivity contribution is 6.28. The van der Waals surface area contributed by atoms with Crippen LogP contribution in [0.5, 0.6) is 11.5 Å². The molecule has 1 N–H and O–H groups in total. The van der Waals surface area contributed by atoms with Crippen LogP contribution in [0, 0.1) is 0 Å². The Kier molecular flexibility index (Phi) is 2.84. The van der Waals surface area contributed by atoms with Crippen molar-refractivity contribution < 1.29 is 28.9 Å². The second-order valence-electron chi connectivity index (χ2n) is 4.50. The molecule has 0 radical (unpaired) electrons. The monoisotopic (exact) mass is 276 g/mol. The van der Waals surface area contributed by atoms with E-state index in [9.17, 15) is 14.7 Å². The second-order valence-corrected chi connectivity index (χ2v) is 4.50. The quantitative estimate of drug-likeness (QED) is 0.870. The van der Waals surface area contributed by atoms with Crippen LogP contribution in [0.15, 0.2) is 23.3 Å². The Morgan fingerprint density at radius 3 is 2.65 bits per heavy atom. The Morgan fingerprint density at radius 2 is 2.00 bits per heavy atom. The minimum absolute atomic E-state index is 0.00330. The van der Waals surface area contributed by atoms with E-state index in [1.165, 1.54) is 26.4 Å².